The van der Waals surface area contributed by atoms with Gasteiger partial charge in [0.05, 0.1) is 16.3 Å². The monoisotopic (exact) mass is 388 g/mol. The topological polar surface area (TPSA) is 41.1 Å². The van der Waals surface area contributed by atoms with Gasteiger partial charge in [0, 0.05) is 18.1 Å². The summed E-state index contributed by atoms with van der Waals surface area (Å²) >= 11 is 7.47. The molecule has 0 spiro atoms. The van der Waals surface area contributed by atoms with Crippen LogP contribution in [0.5, 0.6) is 0 Å². The lowest BCUT2D eigenvalue weighted by atomic mass is 10.2. The zero-order valence-corrected chi connectivity index (χ0v) is 14.6. The van der Waals surface area contributed by atoms with E-state index in [9.17, 15) is 18.0 Å². The highest BCUT2D eigenvalue weighted by molar-refractivity contribution is 7.98. The zero-order chi connectivity index (χ0) is 18.3. The summed E-state index contributed by atoms with van der Waals surface area (Å²) in [4.78, 5) is 11.8. The average Bonchev–Trinajstić information content (AvgIpc) is 2.56. The zero-order valence-electron chi connectivity index (χ0n) is 13.1. The van der Waals surface area contributed by atoms with Crippen LogP contribution in [-0.2, 0) is 11.9 Å². The van der Waals surface area contributed by atoms with Crippen molar-refractivity contribution in [3.63, 3.8) is 0 Å². The van der Waals surface area contributed by atoms with Crippen LogP contribution in [-0.4, -0.2) is 18.3 Å². The van der Waals surface area contributed by atoms with Crippen LogP contribution in [0.1, 0.15) is 11.1 Å². The van der Waals surface area contributed by atoms with E-state index in [0.717, 1.165) is 24.0 Å². The second-order valence-electron chi connectivity index (χ2n) is 5.11. The first kappa shape index (κ1) is 19.5. The number of nitrogens with one attached hydrogen (secondary N) is 2. The van der Waals surface area contributed by atoms with E-state index in [1.807, 2.05) is 30.3 Å². The molecule has 0 atom stereocenters. The number of thioether (sulfide) groups is 1. The summed E-state index contributed by atoms with van der Waals surface area (Å²) in [6, 6.07) is 12.1. The van der Waals surface area contributed by atoms with Crippen molar-refractivity contribution in [1.29, 1.82) is 0 Å². The first-order chi connectivity index (χ1) is 11.9. The molecule has 8 heteroatoms. The van der Waals surface area contributed by atoms with Gasteiger partial charge in [0.15, 0.2) is 0 Å². The van der Waals surface area contributed by atoms with E-state index < -0.39 is 17.8 Å². The van der Waals surface area contributed by atoms with Gasteiger partial charge in [-0.05, 0) is 23.8 Å². The van der Waals surface area contributed by atoms with Crippen LogP contribution in [0.15, 0.2) is 48.5 Å². The molecule has 0 fully saturated rings. The Morgan fingerprint density at radius 2 is 1.84 bits per heavy atom. The maximum absolute atomic E-state index is 12.7. The van der Waals surface area contributed by atoms with Gasteiger partial charge in [0.1, 0.15) is 0 Å². The Morgan fingerprint density at radius 1 is 1.12 bits per heavy atom. The molecular weight excluding hydrogens is 373 g/mol. The van der Waals surface area contributed by atoms with Gasteiger partial charge in [-0.3, -0.25) is 0 Å². The Bertz CT molecular complexity index is 711. The van der Waals surface area contributed by atoms with Gasteiger partial charge in [0.25, 0.3) is 0 Å². The Labute approximate surface area is 152 Å². The lowest BCUT2D eigenvalue weighted by Gasteiger charge is -2.12. The van der Waals surface area contributed by atoms with E-state index in [1.54, 1.807) is 11.8 Å². The van der Waals surface area contributed by atoms with Gasteiger partial charge in [-0.1, -0.05) is 41.9 Å². The molecule has 25 heavy (non-hydrogen) atoms. The molecular formula is C17H16ClF3N2OS. The van der Waals surface area contributed by atoms with E-state index in [4.69, 9.17) is 11.6 Å². The summed E-state index contributed by atoms with van der Waals surface area (Å²) in [5.41, 5.74) is 0.240. The van der Waals surface area contributed by atoms with Crippen LogP contribution in [0.3, 0.4) is 0 Å². The number of anilines is 1. The van der Waals surface area contributed by atoms with E-state index >= 15 is 0 Å². The highest BCUT2D eigenvalue weighted by Crippen LogP contribution is 2.33. The fraction of sp³-hybridized carbons (Fsp3) is 0.235. The number of carbonyl (C=O) groups is 1. The van der Waals surface area contributed by atoms with Gasteiger partial charge in [-0.2, -0.15) is 24.9 Å². The summed E-state index contributed by atoms with van der Waals surface area (Å²) in [6.45, 7) is 0.389. The molecule has 0 radical (unpaired) electrons. The third-order valence-corrected chi connectivity index (χ3v) is 4.55. The number of carbonyl (C=O) groups excluding carboxylic acids is 1. The summed E-state index contributed by atoms with van der Waals surface area (Å²) < 4.78 is 38.1. The minimum Gasteiger partial charge on any atom is -0.337 e. The fourth-order valence-electron chi connectivity index (χ4n) is 1.96. The van der Waals surface area contributed by atoms with Gasteiger partial charge >= 0.3 is 12.2 Å². The maximum Gasteiger partial charge on any atom is 0.416 e. The van der Waals surface area contributed by atoms with Crippen molar-refractivity contribution in [2.75, 3.05) is 17.6 Å². The van der Waals surface area contributed by atoms with Gasteiger partial charge in [0.2, 0.25) is 0 Å². The lowest BCUT2D eigenvalue weighted by molar-refractivity contribution is -0.137. The van der Waals surface area contributed by atoms with E-state index in [2.05, 4.69) is 10.6 Å². The fourth-order valence-corrected chi connectivity index (χ4v) is 2.95. The lowest BCUT2D eigenvalue weighted by Crippen LogP contribution is -2.30. The molecule has 2 aromatic carbocycles. The van der Waals surface area contributed by atoms with E-state index in [-0.39, 0.29) is 10.7 Å². The van der Waals surface area contributed by atoms with E-state index in [0.29, 0.717) is 12.3 Å². The first-order valence-corrected chi connectivity index (χ1v) is 8.93. The Morgan fingerprint density at radius 3 is 2.52 bits per heavy atom. The number of benzene rings is 2. The van der Waals surface area contributed by atoms with Crippen molar-refractivity contribution < 1.29 is 18.0 Å². The molecule has 3 nitrogen and oxygen atoms in total. The number of urea groups is 1. The quantitative estimate of drug-likeness (QED) is 0.649. The highest BCUT2D eigenvalue weighted by atomic mass is 35.5. The normalized spacial score (nSPS) is 11.2. The summed E-state index contributed by atoms with van der Waals surface area (Å²) in [7, 11) is 0. The number of amides is 2. The van der Waals surface area contributed by atoms with Gasteiger partial charge < -0.3 is 10.6 Å². The minimum absolute atomic E-state index is 0.0432. The second-order valence-corrected chi connectivity index (χ2v) is 6.62. The predicted molar refractivity (Wildman–Crippen MR) is 96.1 cm³/mol. The summed E-state index contributed by atoms with van der Waals surface area (Å²) in [6.07, 6.45) is -4.49. The van der Waals surface area contributed by atoms with E-state index in [1.165, 1.54) is 5.56 Å². The first-order valence-electron chi connectivity index (χ1n) is 7.39. The molecule has 0 aliphatic carbocycles. The molecule has 0 saturated carbocycles. The van der Waals surface area contributed by atoms with Crippen LogP contribution in [0.25, 0.3) is 0 Å². The van der Waals surface area contributed by atoms with Crippen molar-refractivity contribution in [1.82, 2.24) is 5.32 Å². The van der Waals surface area contributed by atoms with Crippen LogP contribution >= 0.6 is 23.4 Å². The van der Waals surface area contributed by atoms with Crippen molar-refractivity contribution in [3.8, 4) is 0 Å². The molecule has 0 aromatic heterocycles. The largest absolute Gasteiger partial charge is 0.416 e. The summed E-state index contributed by atoms with van der Waals surface area (Å²) in [5, 5.41) is 4.98. The van der Waals surface area contributed by atoms with Gasteiger partial charge in [-0.15, -0.1) is 0 Å². The molecule has 2 N–H and O–H groups in total. The molecule has 134 valence electrons. The third kappa shape index (κ3) is 6.51. The van der Waals surface area contributed by atoms with Crippen molar-refractivity contribution >= 4 is 35.1 Å². The minimum atomic E-state index is -4.49. The van der Waals surface area contributed by atoms with Crippen molar-refractivity contribution in [2.24, 2.45) is 0 Å². The van der Waals surface area contributed by atoms with Crippen molar-refractivity contribution in [2.45, 2.75) is 11.9 Å². The van der Waals surface area contributed by atoms with Gasteiger partial charge in [-0.25, -0.2) is 4.79 Å². The smallest absolute Gasteiger partial charge is 0.337 e. The molecule has 2 aromatic rings. The number of rotatable bonds is 6. The summed E-state index contributed by atoms with van der Waals surface area (Å²) in [5.74, 6) is 1.50. The Hall–Kier alpha value is -1.86. The van der Waals surface area contributed by atoms with Crippen LogP contribution < -0.4 is 10.6 Å². The molecule has 0 unspecified atom stereocenters. The van der Waals surface area contributed by atoms with Crippen LogP contribution in [0.2, 0.25) is 5.02 Å². The predicted octanol–water partition coefficient (Wildman–Crippen LogP) is 5.41. The molecule has 0 saturated heterocycles. The van der Waals surface area contributed by atoms with Crippen LogP contribution in [0, 0.1) is 0 Å². The Balaban J connectivity index is 1.77. The molecule has 0 bridgehead atoms. The maximum atomic E-state index is 12.7. The average molecular weight is 389 g/mol. The standard InChI is InChI=1S/C17H16ClF3N2OS/c18-14-7-6-13(17(19,20)21)10-15(14)23-16(24)22-8-9-25-11-12-4-2-1-3-5-12/h1-7,10H,8-9,11H2,(H2,22,23,24). The number of alkyl halides is 3. The number of hydrogen-bond acceptors (Lipinski definition) is 2. The third-order valence-electron chi connectivity index (χ3n) is 3.19. The SMILES string of the molecule is O=C(NCCSCc1ccccc1)Nc1cc(C(F)(F)F)ccc1Cl. The molecule has 0 aliphatic heterocycles. The Kier molecular flexibility index (Phi) is 7.01. The highest BCUT2D eigenvalue weighted by Gasteiger charge is 2.31. The number of hydrogen-bond donors (Lipinski definition) is 2. The molecule has 0 heterocycles. The molecule has 2 amide bonds. The molecule has 0 aliphatic rings. The second kappa shape index (κ2) is 9.01. The van der Waals surface area contributed by atoms with Crippen LogP contribution in [0.4, 0.5) is 23.7 Å². The number of halogens is 4. The van der Waals surface area contributed by atoms with Crippen molar-refractivity contribution in [3.05, 3.63) is 64.7 Å². The molecule has 2 rings (SSSR count).